The van der Waals surface area contributed by atoms with E-state index in [-0.39, 0.29) is 0 Å². The smallest absolute Gasteiger partial charge is 0.229 e. The van der Waals surface area contributed by atoms with E-state index in [0.717, 1.165) is 29.6 Å². The molecule has 0 aliphatic heterocycles. The van der Waals surface area contributed by atoms with E-state index < -0.39 is 7.14 Å². The molecule has 1 heterocycles. The normalized spacial score (nSPS) is 15.4. The van der Waals surface area contributed by atoms with E-state index in [4.69, 9.17) is 16.3 Å². The molecule has 0 spiro atoms. The van der Waals surface area contributed by atoms with E-state index in [9.17, 15) is 4.57 Å². The predicted octanol–water partition coefficient (Wildman–Crippen LogP) is 4.90. The highest BCUT2D eigenvalue weighted by Crippen LogP contribution is 2.39. The molecule has 0 saturated heterocycles. The summed E-state index contributed by atoms with van der Waals surface area (Å²) in [7, 11) is 3.39. The number of benzene rings is 2. The average molecular weight is 486 g/mol. The maximum Gasteiger partial charge on any atom is 0.229 e. The highest BCUT2D eigenvalue weighted by Gasteiger charge is 2.25. The highest BCUT2D eigenvalue weighted by atomic mass is 35.5. The van der Waals surface area contributed by atoms with E-state index in [1.54, 1.807) is 26.6 Å². The average Bonchev–Trinajstić information content (AvgIpc) is 3.18. The molecule has 2 N–H and O–H groups in total. The predicted molar refractivity (Wildman–Crippen MR) is 137 cm³/mol. The Bertz CT molecular complexity index is 1230. The number of likely N-dealkylation sites (N-methyl/N-ethyl adjacent to an activating group) is 1. The summed E-state index contributed by atoms with van der Waals surface area (Å²) in [6.07, 6.45) is 3.53. The number of fused-ring (bicyclic) bond motifs is 1. The number of methoxy groups -OCH3 is 1. The Balaban J connectivity index is 1.63. The molecular formula is C24H29ClN5O2P. The summed E-state index contributed by atoms with van der Waals surface area (Å²) < 4.78 is 18.4. The zero-order valence-electron chi connectivity index (χ0n) is 19.5. The largest absolute Gasteiger partial charge is 0.495 e. The zero-order chi connectivity index (χ0) is 23.8. The first-order chi connectivity index (χ1) is 15.7. The summed E-state index contributed by atoms with van der Waals surface area (Å²) in [6, 6.07) is 12.2. The van der Waals surface area contributed by atoms with Crippen molar-refractivity contribution in [2.24, 2.45) is 0 Å². The molecular weight excluding hydrogens is 457 g/mol. The molecule has 1 unspecified atom stereocenters. The third kappa shape index (κ3) is 5.16. The Morgan fingerprint density at radius 3 is 2.45 bits per heavy atom. The minimum atomic E-state index is -2.49. The van der Waals surface area contributed by atoms with Crippen LogP contribution in [0.4, 0.5) is 23.1 Å². The molecule has 7 nitrogen and oxygen atoms in total. The minimum absolute atomic E-state index is 0.368. The lowest BCUT2D eigenvalue weighted by molar-refractivity contribution is 0.303. The second kappa shape index (κ2) is 9.34. The third-order valence-corrected chi connectivity index (χ3v) is 7.72. The van der Waals surface area contributed by atoms with Gasteiger partial charge in [-0.2, -0.15) is 4.98 Å². The van der Waals surface area contributed by atoms with Crippen LogP contribution in [0, 0.1) is 0 Å². The lowest BCUT2D eigenvalue weighted by Gasteiger charge is -2.17. The van der Waals surface area contributed by atoms with Gasteiger partial charge in [-0.1, -0.05) is 23.7 Å². The SMILES string of the molecule is COc1cc2c(cc1Nc1ncc(Cl)c(Nc3ccccc3P(C)(C)=O)n1)CC(N(C)C)C2. The van der Waals surface area contributed by atoms with Gasteiger partial charge in [0.05, 0.1) is 24.7 Å². The van der Waals surface area contributed by atoms with Gasteiger partial charge in [-0.15, -0.1) is 0 Å². The Hall–Kier alpha value is -2.60. The summed E-state index contributed by atoms with van der Waals surface area (Å²) in [5.74, 6) is 1.56. The summed E-state index contributed by atoms with van der Waals surface area (Å²) in [6.45, 7) is 3.48. The van der Waals surface area contributed by atoms with E-state index in [1.807, 2.05) is 24.3 Å². The number of nitrogens with one attached hydrogen (secondary N) is 2. The van der Waals surface area contributed by atoms with Crippen LogP contribution in [-0.2, 0) is 17.4 Å². The molecule has 0 bridgehead atoms. The van der Waals surface area contributed by atoms with Crippen molar-refractivity contribution in [1.29, 1.82) is 0 Å². The minimum Gasteiger partial charge on any atom is -0.495 e. The molecule has 4 rings (SSSR count). The van der Waals surface area contributed by atoms with Crippen molar-refractivity contribution in [3.8, 4) is 5.75 Å². The van der Waals surface area contributed by atoms with Crippen LogP contribution in [0.3, 0.4) is 0 Å². The van der Waals surface area contributed by atoms with Crippen LogP contribution in [0.5, 0.6) is 5.75 Å². The van der Waals surface area contributed by atoms with Crippen LogP contribution in [0.15, 0.2) is 42.6 Å². The molecule has 1 aromatic heterocycles. The van der Waals surface area contributed by atoms with Gasteiger partial charge in [0.25, 0.3) is 0 Å². The summed E-state index contributed by atoms with van der Waals surface area (Å²) in [4.78, 5) is 11.2. The van der Waals surface area contributed by atoms with Crippen LogP contribution in [0.2, 0.25) is 5.02 Å². The van der Waals surface area contributed by atoms with Crippen molar-refractivity contribution < 1.29 is 9.30 Å². The molecule has 174 valence electrons. The molecule has 1 aliphatic rings. The maximum atomic E-state index is 12.7. The number of aromatic nitrogens is 2. The molecule has 1 atom stereocenters. The molecule has 0 fully saturated rings. The van der Waals surface area contributed by atoms with Gasteiger partial charge in [0.2, 0.25) is 5.95 Å². The molecule has 0 radical (unpaired) electrons. The first-order valence-corrected chi connectivity index (χ1v) is 13.7. The standard InChI is InChI=1S/C24H29ClN5O2P/c1-30(2)17-10-15-12-20(21(32-3)13-16(15)11-17)28-24-26-14-18(25)23(29-24)27-19-8-6-7-9-22(19)33(4,5)31/h6-9,12-14,17H,10-11H2,1-5H3,(H2,26,27,28,29). The Kier molecular flexibility index (Phi) is 6.66. The van der Waals surface area contributed by atoms with Crippen LogP contribution >= 0.6 is 18.7 Å². The van der Waals surface area contributed by atoms with Crippen LogP contribution in [-0.4, -0.2) is 55.4 Å². The fourth-order valence-electron chi connectivity index (χ4n) is 4.07. The van der Waals surface area contributed by atoms with Gasteiger partial charge < -0.3 is 24.8 Å². The Morgan fingerprint density at radius 2 is 1.79 bits per heavy atom. The fourth-order valence-corrected chi connectivity index (χ4v) is 5.36. The third-order valence-electron chi connectivity index (χ3n) is 5.89. The number of hydrogen-bond acceptors (Lipinski definition) is 7. The number of halogens is 1. The first kappa shape index (κ1) is 23.6. The monoisotopic (exact) mass is 485 g/mol. The first-order valence-electron chi connectivity index (χ1n) is 10.7. The highest BCUT2D eigenvalue weighted by molar-refractivity contribution is 7.70. The number of para-hydroxylation sites is 1. The number of ether oxygens (including phenoxy) is 1. The second-order valence-corrected chi connectivity index (χ2v) is 12.4. The second-order valence-electron chi connectivity index (χ2n) is 8.86. The molecule has 3 aromatic rings. The lowest BCUT2D eigenvalue weighted by atomic mass is 10.1. The van der Waals surface area contributed by atoms with Crippen molar-refractivity contribution >= 4 is 47.2 Å². The number of anilines is 4. The van der Waals surface area contributed by atoms with Crippen LogP contribution in [0.25, 0.3) is 0 Å². The molecule has 33 heavy (non-hydrogen) atoms. The topological polar surface area (TPSA) is 79.4 Å². The van der Waals surface area contributed by atoms with Gasteiger partial charge in [-0.05, 0) is 75.7 Å². The van der Waals surface area contributed by atoms with E-state index in [1.165, 1.54) is 11.1 Å². The van der Waals surface area contributed by atoms with Crippen molar-refractivity contribution in [2.75, 3.05) is 45.2 Å². The van der Waals surface area contributed by atoms with Gasteiger partial charge in [0, 0.05) is 11.3 Å². The molecule has 1 aliphatic carbocycles. The van der Waals surface area contributed by atoms with Crippen molar-refractivity contribution in [3.63, 3.8) is 0 Å². The van der Waals surface area contributed by atoms with Crippen LogP contribution < -0.4 is 20.7 Å². The molecule has 9 heteroatoms. The van der Waals surface area contributed by atoms with Gasteiger partial charge in [-0.25, -0.2) is 4.98 Å². The molecule has 2 aromatic carbocycles. The maximum absolute atomic E-state index is 12.7. The van der Waals surface area contributed by atoms with E-state index >= 15 is 0 Å². The summed E-state index contributed by atoms with van der Waals surface area (Å²) >= 11 is 6.38. The number of rotatable bonds is 7. The van der Waals surface area contributed by atoms with Crippen LogP contribution in [0.1, 0.15) is 11.1 Å². The summed E-state index contributed by atoms with van der Waals surface area (Å²) in [5, 5.41) is 7.62. The van der Waals surface area contributed by atoms with Crippen molar-refractivity contribution in [2.45, 2.75) is 18.9 Å². The van der Waals surface area contributed by atoms with Crippen molar-refractivity contribution in [3.05, 3.63) is 58.7 Å². The zero-order valence-corrected chi connectivity index (χ0v) is 21.2. The number of hydrogen-bond donors (Lipinski definition) is 2. The van der Waals surface area contributed by atoms with E-state index in [0.29, 0.717) is 28.5 Å². The quantitative estimate of drug-likeness (QED) is 0.460. The fraction of sp³-hybridized carbons (Fsp3) is 0.333. The van der Waals surface area contributed by atoms with Gasteiger partial charge in [-0.3, -0.25) is 0 Å². The van der Waals surface area contributed by atoms with Gasteiger partial charge >= 0.3 is 0 Å². The Morgan fingerprint density at radius 1 is 1.09 bits per heavy atom. The molecule has 0 amide bonds. The van der Waals surface area contributed by atoms with E-state index in [2.05, 4.69) is 51.7 Å². The number of nitrogens with zero attached hydrogens (tertiary/aromatic N) is 3. The Labute approximate surface area is 199 Å². The van der Waals surface area contributed by atoms with Gasteiger partial charge in [0.1, 0.15) is 17.9 Å². The summed E-state index contributed by atoms with van der Waals surface area (Å²) in [5.41, 5.74) is 4.11. The molecule has 0 saturated carbocycles. The van der Waals surface area contributed by atoms with Crippen molar-refractivity contribution in [1.82, 2.24) is 14.9 Å². The lowest BCUT2D eigenvalue weighted by Crippen LogP contribution is -2.27. The van der Waals surface area contributed by atoms with Gasteiger partial charge in [0.15, 0.2) is 5.82 Å².